The van der Waals surface area contributed by atoms with Crippen molar-refractivity contribution in [1.29, 1.82) is 0 Å². The van der Waals surface area contributed by atoms with E-state index in [0.717, 1.165) is 44.5 Å². The van der Waals surface area contributed by atoms with Gasteiger partial charge in [0.15, 0.2) is 5.96 Å². The summed E-state index contributed by atoms with van der Waals surface area (Å²) in [5, 5.41) is 15.9. The molecule has 3 N–H and O–H groups in total. The monoisotopic (exact) mass is 524 g/mol. The molecule has 0 unspecified atom stereocenters. The van der Waals surface area contributed by atoms with Gasteiger partial charge in [-0.1, -0.05) is 18.2 Å². The molecule has 1 aliphatic rings. The van der Waals surface area contributed by atoms with Crippen LogP contribution in [0.2, 0.25) is 0 Å². The van der Waals surface area contributed by atoms with E-state index in [-0.39, 0.29) is 41.2 Å². The van der Waals surface area contributed by atoms with Crippen LogP contribution in [0.5, 0.6) is 5.75 Å². The van der Waals surface area contributed by atoms with Gasteiger partial charge in [-0.15, -0.1) is 24.0 Å². The molecule has 0 aliphatic carbocycles. The van der Waals surface area contributed by atoms with Crippen molar-refractivity contribution in [1.82, 2.24) is 20.5 Å². The molecular formula is C21H29IN6O2. The van der Waals surface area contributed by atoms with Gasteiger partial charge in [-0.25, -0.2) is 4.98 Å². The molecule has 1 amide bonds. The minimum atomic E-state index is -0.299. The summed E-state index contributed by atoms with van der Waals surface area (Å²) in [5.74, 6) is 1.53. The molecule has 0 radical (unpaired) electrons. The standard InChI is InChI=1S/C21H28N6O2.HI/c1-2-22-21(25-12-11-24-20(29)17-7-3-4-8-18(17)28)27-15-13-26(14-16-27)19-9-5-6-10-23-19;/h3-10,28H,2,11-16H2,1H3,(H,22,25)(H,24,29);1H. The molecule has 0 spiro atoms. The number of anilines is 1. The van der Waals surface area contributed by atoms with E-state index in [9.17, 15) is 9.90 Å². The topological polar surface area (TPSA) is 93.1 Å². The Labute approximate surface area is 194 Å². The van der Waals surface area contributed by atoms with Crippen molar-refractivity contribution in [3.05, 3.63) is 54.2 Å². The van der Waals surface area contributed by atoms with Gasteiger partial charge >= 0.3 is 0 Å². The first-order chi connectivity index (χ1) is 14.2. The fourth-order valence-electron chi connectivity index (χ4n) is 3.21. The smallest absolute Gasteiger partial charge is 0.255 e. The Morgan fingerprint density at radius 1 is 1.10 bits per heavy atom. The van der Waals surface area contributed by atoms with E-state index in [1.807, 2.05) is 31.3 Å². The van der Waals surface area contributed by atoms with Gasteiger partial charge in [0.05, 0.1) is 12.1 Å². The number of para-hydroxylation sites is 1. The third kappa shape index (κ3) is 6.48. The van der Waals surface area contributed by atoms with E-state index in [0.29, 0.717) is 13.1 Å². The summed E-state index contributed by atoms with van der Waals surface area (Å²) >= 11 is 0. The average Bonchev–Trinajstić information content (AvgIpc) is 2.77. The number of piperazine rings is 1. The highest BCUT2D eigenvalue weighted by Crippen LogP contribution is 2.15. The lowest BCUT2D eigenvalue weighted by Gasteiger charge is -2.37. The highest BCUT2D eigenvalue weighted by molar-refractivity contribution is 14.0. The van der Waals surface area contributed by atoms with E-state index < -0.39 is 0 Å². The van der Waals surface area contributed by atoms with Gasteiger partial charge in [-0.3, -0.25) is 9.79 Å². The molecule has 2 heterocycles. The number of hydrogen-bond donors (Lipinski definition) is 3. The summed E-state index contributed by atoms with van der Waals surface area (Å²) in [6.07, 6.45) is 1.82. The number of hydrogen-bond acceptors (Lipinski definition) is 5. The normalized spacial score (nSPS) is 14.1. The number of carbonyl (C=O) groups excluding carboxylic acids is 1. The molecule has 8 nitrogen and oxygen atoms in total. The second kappa shape index (κ2) is 12.2. The summed E-state index contributed by atoms with van der Waals surface area (Å²) in [5.41, 5.74) is 0.272. The first-order valence-electron chi connectivity index (χ1n) is 9.94. The number of rotatable bonds is 6. The minimum absolute atomic E-state index is 0. The zero-order valence-electron chi connectivity index (χ0n) is 17.1. The fourth-order valence-corrected chi connectivity index (χ4v) is 3.21. The lowest BCUT2D eigenvalue weighted by molar-refractivity contribution is 0.0952. The number of aliphatic imine (C=N–C) groups is 1. The molecule has 1 aliphatic heterocycles. The third-order valence-corrected chi connectivity index (χ3v) is 4.69. The lowest BCUT2D eigenvalue weighted by Crippen LogP contribution is -2.52. The molecule has 2 aromatic rings. The first-order valence-corrected chi connectivity index (χ1v) is 9.94. The fraction of sp³-hybridized carbons (Fsp3) is 0.381. The van der Waals surface area contributed by atoms with E-state index in [4.69, 9.17) is 0 Å². The van der Waals surface area contributed by atoms with Gasteiger partial charge < -0.3 is 25.5 Å². The number of nitrogens with zero attached hydrogens (tertiary/aromatic N) is 4. The largest absolute Gasteiger partial charge is 0.507 e. The van der Waals surface area contributed by atoms with Gasteiger partial charge in [-0.05, 0) is 31.2 Å². The molecule has 1 aromatic carbocycles. The molecule has 3 rings (SSSR count). The zero-order chi connectivity index (χ0) is 20.5. The number of pyridine rings is 1. The van der Waals surface area contributed by atoms with Crippen LogP contribution < -0.4 is 15.5 Å². The van der Waals surface area contributed by atoms with Crippen molar-refractivity contribution >= 4 is 41.7 Å². The lowest BCUT2D eigenvalue weighted by atomic mass is 10.2. The van der Waals surface area contributed by atoms with E-state index >= 15 is 0 Å². The summed E-state index contributed by atoms with van der Waals surface area (Å²) in [7, 11) is 0. The molecule has 30 heavy (non-hydrogen) atoms. The molecule has 1 aromatic heterocycles. The van der Waals surface area contributed by atoms with Gasteiger partial charge in [0.1, 0.15) is 11.6 Å². The number of carbonyl (C=O) groups is 1. The van der Waals surface area contributed by atoms with Crippen LogP contribution in [0.3, 0.4) is 0 Å². The summed E-state index contributed by atoms with van der Waals surface area (Å²) < 4.78 is 0. The Hall–Kier alpha value is -2.56. The third-order valence-electron chi connectivity index (χ3n) is 4.69. The molecular weight excluding hydrogens is 495 g/mol. The number of aromatic hydroxyl groups is 1. The van der Waals surface area contributed by atoms with Gasteiger partial charge in [0.2, 0.25) is 0 Å². The summed E-state index contributed by atoms with van der Waals surface area (Å²) in [6, 6.07) is 12.5. The Balaban J connectivity index is 0.00000320. The molecule has 1 fully saturated rings. The molecule has 162 valence electrons. The number of aromatic nitrogens is 1. The average molecular weight is 524 g/mol. The van der Waals surface area contributed by atoms with Crippen molar-refractivity contribution in [3.8, 4) is 5.75 Å². The minimum Gasteiger partial charge on any atom is -0.507 e. The number of guanidine groups is 1. The van der Waals surface area contributed by atoms with Crippen molar-refractivity contribution in [2.75, 3.05) is 50.7 Å². The Bertz CT molecular complexity index is 825. The zero-order valence-corrected chi connectivity index (χ0v) is 19.5. The predicted octanol–water partition coefficient (Wildman–Crippen LogP) is 1.92. The second-order valence-corrected chi connectivity index (χ2v) is 6.67. The Morgan fingerprint density at radius 3 is 2.50 bits per heavy atom. The number of nitrogens with one attached hydrogen (secondary N) is 2. The quantitative estimate of drug-likeness (QED) is 0.232. The highest BCUT2D eigenvalue weighted by atomic mass is 127. The number of halogens is 1. The van der Waals surface area contributed by atoms with E-state index in [1.165, 1.54) is 6.07 Å². The predicted molar refractivity (Wildman–Crippen MR) is 130 cm³/mol. The maximum atomic E-state index is 12.2. The van der Waals surface area contributed by atoms with Crippen LogP contribution in [0.15, 0.2) is 53.7 Å². The number of phenolic OH excluding ortho intramolecular Hbond substituents is 1. The maximum Gasteiger partial charge on any atom is 0.255 e. The second-order valence-electron chi connectivity index (χ2n) is 6.67. The van der Waals surface area contributed by atoms with Crippen molar-refractivity contribution < 1.29 is 9.90 Å². The van der Waals surface area contributed by atoms with Crippen molar-refractivity contribution in [2.45, 2.75) is 6.92 Å². The van der Waals surface area contributed by atoms with Crippen LogP contribution in [0.4, 0.5) is 5.82 Å². The van der Waals surface area contributed by atoms with Crippen LogP contribution in [-0.4, -0.2) is 72.7 Å². The van der Waals surface area contributed by atoms with E-state index in [1.54, 1.807) is 18.2 Å². The number of phenols is 1. The summed E-state index contributed by atoms with van der Waals surface area (Å²) in [6.45, 7) is 7.15. The first kappa shape index (κ1) is 23.7. The van der Waals surface area contributed by atoms with Gasteiger partial charge in [0, 0.05) is 45.5 Å². The molecule has 9 heteroatoms. The van der Waals surface area contributed by atoms with Crippen LogP contribution in [0.25, 0.3) is 0 Å². The summed E-state index contributed by atoms with van der Waals surface area (Å²) in [4.78, 5) is 25.7. The number of benzene rings is 1. The van der Waals surface area contributed by atoms with Gasteiger partial charge in [-0.2, -0.15) is 0 Å². The Morgan fingerprint density at radius 2 is 1.83 bits per heavy atom. The maximum absolute atomic E-state index is 12.2. The van der Waals surface area contributed by atoms with Crippen molar-refractivity contribution in [3.63, 3.8) is 0 Å². The van der Waals surface area contributed by atoms with Crippen molar-refractivity contribution in [2.24, 2.45) is 4.99 Å². The molecule has 1 saturated heterocycles. The number of amides is 1. The molecule has 0 saturated carbocycles. The van der Waals surface area contributed by atoms with Gasteiger partial charge in [0.25, 0.3) is 5.91 Å². The highest BCUT2D eigenvalue weighted by Gasteiger charge is 2.20. The van der Waals surface area contributed by atoms with Crippen LogP contribution in [0.1, 0.15) is 17.3 Å². The van der Waals surface area contributed by atoms with E-state index in [2.05, 4.69) is 30.4 Å². The van der Waals surface area contributed by atoms with Crippen LogP contribution in [0, 0.1) is 0 Å². The van der Waals surface area contributed by atoms with Crippen LogP contribution >= 0.6 is 24.0 Å². The molecule has 0 atom stereocenters. The van der Waals surface area contributed by atoms with Crippen LogP contribution in [-0.2, 0) is 0 Å². The Kier molecular flexibility index (Phi) is 9.65. The molecule has 0 bridgehead atoms. The SMILES string of the molecule is CCNC(=NCCNC(=O)c1ccccc1O)N1CCN(c2ccccn2)CC1.I.